The summed E-state index contributed by atoms with van der Waals surface area (Å²) >= 11 is 0. The number of piperidine rings is 1. The average Bonchev–Trinajstić information content (AvgIpc) is 2.68. The van der Waals surface area contributed by atoms with E-state index in [1.165, 1.54) is 12.1 Å². The van der Waals surface area contributed by atoms with Gasteiger partial charge >= 0.3 is 6.18 Å². The highest BCUT2D eigenvalue weighted by Crippen LogP contribution is 2.30. The molecule has 0 amide bonds. The summed E-state index contributed by atoms with van der Waals surface area (Å²) < 4.78 is 38.6. The van der Waals surface area contributed by atoms with Crippen molar-refractivity contribution in [3.05, 3.63) is 65.7 Å². The van der Waals surface area contributed by atoms with E-state index in [2.05, 4.69) is 10.2 Å². The van der Waals surface area contributed by atoms with Gasteiger partial charge in [-0.2, -0.15) is 13.2 Å². The van der Waals surface area contributed by atoms with Crippen molar-refractivity contribution >= 4 is 11.5 Å². The smallest absolute Gasteiger partial charge is 0.373 e. The van der Waals surface area contributed by atoms with Crippen LogP contribution in [0.25, 0.3) is 0 Å². The number of anilines is 1. The number of carbonyl (C=O) groups is 1. The van der Waals surface area contributed by atoms with Crippen LogP contribution in [0.2, 0.25) is 0 Å². The van der Waals surface area contributed by atoms with Gasteiger partial charge in [-0.25, -0.2) is 0 Å². The Morgan fingerprint density at radius 1 is 1.07 bits per heavy atom. The molecule has 150 valence electrons. The van der Waals surface area contributed by atoms with E-state index in [0.29, 0.717) is 31.4 Å². The minimum absolute atomic E-state index is 0.119. The lowest BCUT2D eigenvalue weighted by Crippen LogP contribution is -2.53. The van der Waals surface area contributed by atoms with Crippen LogP contribution in [-0.4, -0.2) is 35.9 Å². The standard InChI is InChI=1S/C22H25F3N2O/c1-17(28)21(26-20-8-3-2-4-9-20)11-14-27(15-12-21)13-10-18-6-5-7-19(16-18)22(23,24)25/h2-9,16,26H,10-15H2,1H3. The molecule has 3 nitrogen and oxygen atoms in total. The number of ketones is 1. The Morgan fingerprint density at radius 2 is 1.75 bits per heavy atom. The molecule has 0 radical (unpaired) electrons. The fraction of sp³-hybridized carbons (Fsp3) is 0.409. The Hall–Kier alpha value is -2.34. The number of carbonyl (C=O) groups excluding carboxylic acids is 1. The number of halogens is 3. The zero-order chi connectivity index (χ0) is 20.2. The van der Waals surface area contributed by atoms with Gasteiger partial charge in [0.1, 0.15) is 0 Å². The van der Waals surface area contributed by atoms with Gasteiger partial charge in [0.2, 0.25) is 0 Å². The first-order valence-electron chi connectivity index (χ1n) is 9.51. The molecule has 6 heteroatoms. The van der Waals surface area contributed by atoms with E-state index in [0.717, 1.165) is 24.8 Å². The van der Waals surface area contributed by atoms with Crippen molar-refractivity contribution in [3.8, 4) is 0 Å². The molecule has 0 saturated carbocycles. The summed E-state index contributed by atoms with van der Waals surface area (Å²) in [4.78, 5) is 14.6. The average molecular weight is 390 g/mol. The van der Waals surface area contributed by atoms with Crippen molar-refractivity contribution in [2.75, 3.05) is 25.0 Å². The normalized spacial score (nSPS) is 17.3. The molecule has 0 aromatic heterocycles. The molecule has 0 spiro atoms. The van der Waals surface area contributed by atoms with Crippen molar-refractivity contribution < 1.29 is 18.0 Å². The van der Waals surface area contributed by atoms with Crippen LogP contribution in [0.1, 0.15) is 30.9 Å². The summed E-state index contributed by atoms with van der Waals surface area (Å²) in [6, 6.07) is 15.2. The maximum atomic E-state index is 12.9. The predicted octanol–water partition coefficient (Wildman–Crippen LogP) is 4.78. The third-order valence-electron chi connectivity index (χ3n) is 5.51. The van der Waals surface area contributed by atoms with E-state index in [1.807, 2.05) is 30.3 Å². The molecular formula is C22H25F3N2O. The molecule has 1 heterocycles. The fourth-order valence-electron chi connectivity index (χ4n) is 3.71. The lowest BCUT2D eigenvalue weighted by atomic mass is 9.83. The Kier molecular flexibility index (Phi) is 6.08. The Labute approximate surface area is 163 Å². The van der Waals surface area contributed by atoms with Gasteiger partial charge in [-0.05, 0) is 49.9 Å². The second-order valence-corrected chi connectivity index (χ2v) is 7.42. The van der Waals surface area contributed by atoms with E-state index in [9.17, 15) is 18.0 Å². The molecule has 2 aromatic carbocycles. The van der Waals surface area contributed by atoms with E-state index in [1.54, 1.807) is 13.0 Å². The van der Waals surface area contributed by atoms with Crippen LogP contribution in [0.15, 0.2) is 54.6 Å². The molecular weight excluding hydrogens is 365 g/mol. The van der Waals surface area contributed by atoms with Crippen molar-refractivity contribution in [2.24, 2.45) is 0 Å². The maximum absolute atomic E-state index is 12.9. The zero-order valence-corrected chi connectivity index (χ0v) is 15.9. The number of hydrogen-bond donors (Lipinski definition) is 1. The number of likely N-dealkylation sites (tertiary alicyclic amines) is 1. The van der Waals surface area contributed by atoms with Crippen LogP contribution in [0.5, 0.6) is 0 Å². The fourth-order valence-corrected chi connectivity index (χ4v) is 3.71. The highest BCUT2D eigenvalue weighted by atomic mass is 19.4. The Bertz CT molecular complexity index is 797. The first-order valence-corrected chi connectivity index (χ1v) is 9.51. The molecule has 1 aliphatic rings. The summed E-state index contributed by atoms with van der Waals surface area (Å²) in [5.41, 5.74) is 0.427. The van der Waals surface area contributed by atoms with Crippen LogP contribution in [0.3, 0.4) is 0 Å². The number of para-hydroxylation sites is 1. The third kappa shape index (κ3) is 4.93. The maximum Gasteiger partial charge on any atom is 0.416 e. The number of nitrogens with zero attached hydrogens (tertiary/aromatic N) is 1. The van der Waals surface area contributed by atoms with Crippen molar-refractivity contribution in [1.82, 2.24) is 4.90 Å². The van der Waals surface area contributed by atoms with Crippen LogP contribution in [0, 0.1) is 0 Å². The molecule has 0 bridgehead atoms. The second-order valence-electron chi connectivity index (χ2n) is 7.42. The minimum atomic E-state index is -4.31. The topological polar surface area (TPSA) is 32.3 Å². The van der Waals surface area contributed by atoms with E-state index in [4.69, 9.17) is 0 Å². The number of nitrogens with one attached hydrogen (secondary N) is 1. The molecule has 0 atom stereocenters. The molecule has 0 aliphatic carbocycles. The molecule has 1 fully saturated rings. The quantitative estimate of drug-likeness (QED) is 0.770. The van der Waals surface area contributed by atoms with Gasteiger partial charge in [-0.15, -0.1) is 0 Å². The summed E-state index contributed by atoms with van der Waals surface area (Å²) in [5, 5.41) is 3.41. The first-order chi connectivity index (χ1) is 13.3. The molecule has 3 rings (SSSR count). The van der Waals surface area contributed by atoms with Crippen LogP contribution >= 0.6 is 0 Å². The molecule has 1 saturated heterocycles. The molecule has 0 unspecified atom stereocenters. The van der Waals surface area contributed by atoms with Crippen molar-refractivity contribution in [1.29, 1.82) is 0 Å². The van der Waals surface area contributed by atoms with Gasteiger partial charge in [-0.1, -0.05) is 36.4 Å². The highest BCUT2D eigenvalue weighted by molar-refractivity contribution is 5.89. The monoisotopic (exact) mass is 390 g/mol. The van der Waals surface area contributed by atoms with Crippen molar-refractivity contribution in [2.45, 2.75) is 37.9 Å². The highest BCUT2D eigenvalue weighted by Gasteiger charge is 2.38. The van der Waals surface area contributed by atoms with Crippen LogP contribution < -0.4 is 5.32 Å². The number of hydrogen-bond acceptors (Lipinski definition) is 3. The number of alkyl halides is 3. The van der Waals surface area contributed by atoms with Gasteiger partial charge in [0, 0.05) is 25.3 Å². The molecule has 1 aliphatic heterocycles. The van der Waals surface area contributed by atoms with Crippen LogP contribution in [0.4, 0.5) is 18.9 Å². The van der Waals surface area contributed by atoms with E-state index >= 15 is 0 Å². The van der Waals surface area contributed by atoms with Gasteiger partial charge in [0.25, 0.3) is 0 Å². The summed E-state index contributed by atoms with van der Waals surface area (Å²) in [7, 11) is 0. The molecule has 28 heavy (non-hydrogen) atoms. The van der Waals surface area contributed by atoms with Gasteiger partial charge in [-0.3, -0.25) is 4.79 Å². The SMILES string of the molecule is CC(=O)C1(Nc2ccccc2)CCN(CCc2cccc(C(F)(F)F)c2)CC1. The Balaban J connectivity index is 1.58. The molecule has 2 aromatic rings. The largest absolute Gasteiger partial charge is 0.416 e. The van der Waals surface area contributed by atoms with Crippen LogP contribution in [-0.2, 0) is 17.4 Å². The number of rotatable bonds is 6. The summed E-state index contributed by atoms with van der Waals surface area (Å²) in [6.45, 7) is 3.77. The second kappa shape index (κ2) is 8.35. The zero-order valence-electron chi connectivity index (χ0n) is 15.9. The summed E-state index contributed by atoms with van der Waals surface area (Å²) in [6.07, 6.45) is -2.39. The van der Waals surface area contributed by atoms with E-state index in [-0.39, 0.29) is 5.78 Å². The van der Waals surface area contributed by atoms with E-state index < -0.39 is 17.3 Å². The third-order valence-corrected chi connectivity index (χ3v) is 5.51. The lowest BCUT2D eigenvalue weighted by molar-refractivity contribution is -0.137. The van der Waals surface area contributed by atoms with Gasteiger partial charge in [0.05, 0.1) is 11.1 Å². The first kappa shape index (κ1) is 20.4. The van der Waals surface area contributed by atoms with Gasteiger partial charge < -0.3 is 10.2 Å². The Morgan fingerprint density at radius 3 is 2.36 bits per heavy atom. The lowest BCUT2D eigenvalue weighted by Gasteiger charge is -2.41. The predicted molar refractivity (Wildman–Crippen MR) is 104 cm³/mol. The molecule has 1 N–H and O–H groups in total. The minimum Gasteiger partial charge on any atom is -0.373 e. The summed E-state index contributed by atoms with van der Waals surface area (Å²) in [5.74, 6) is 0.119. The van der Waals surface area contributed by atoms with Crippen molar-refractivity contribution in [3.63, 3.8) is 0 Å². The number of Topliss-reactive ketones (excluding diaryl/α,β-unsaturated/α-hetero) is 1. The van der Waals surface area contributed by atoms with Gasteiger partial charge in [0.15, 0.2) is 5.78 Å². The number of benzene rings is 2.